The molecule has 21 heavy (non-hydrogen) atoms. The summed E-state index contributed by atoms with van der Waals surface area (Å²) in [4.78, 5) is -0.0385. The molecular formula is C12H18F3N3O2S. The van der Waals surface area contributed by atoms with E-state index < -0.39 is 28.7 Å². The van der Waals surface area contributed by atoms with Gasteiger partial charge in [-0.1, -0.05) is 0 Å². The second-order valence-electron chi connectivity index (χ2n) is 4.90. The highest BCUT2D eigenvalue weighted by atomic mass is 32.2. The predicted octanol–water partition coefficient (Wildman–Crippen LogP) is 2.27. The summed E-state index contributed by atoms with van der Waals surface area (Å²) < 4.78 is 61.9. The van der Waals surface area contributed by atoms with Crippen LogP contribution in [-0.2, 0) is 10.0 Å². The first-order chi connectivity index (χ1) is 9.43. The number of hydrogen-bond acceptors (Lipinski definition) is 4. The van der Waals surface area contributed by atoms with E-state index >= 15 is 0 Å². The number of nitrogens with zero attached hydrogens (tertiary/aromatic N) is 1. The van der Waals surface area contributed by atoms with Crippen LogP contribution in [0.5, 0.6) is 0 Å². The second kappa shape index (κ2) is 6.10. The Bertz CT molecular complexity index is 600. The molecule has 1 unspecified atom stereocenters. The van der Waals surface area contributed by atoms with Gasteiger partial charge in [0.25, 0.3) is 0 Å². The fraction of sp³-hybridized carbons (Fsp3) is 0.500. The molecule has 0 amide bonds. The molecule has 1 rings (SSSR count). The number of nitrogen functional groups attached to an aromatic ring is 1. The van der Waals surface area contributed by atoms with Crippen LogP contribution in [0.15, 0.2) is 23.1 Å². The maximum Gasteiger partial charge on any atom is 0.391 e. The van der Waals surface area contributed by atoms with Crippen molar-refractivity contribution >= 4 is 21.4 Å². The van der Waals surface area contributed by atoms with Crippen molar-refractivity contribution in [1.82, 2.24) is 4.31 Å². The molecule has 0 aliphatic heterocycles. The average Bonchev–Trinajstić information content (AvgIpc) is 2.29. The molecule has 0 fully saturated rings. The number of benzene rings is 1. The van der Waals surface area contributed by atoms with Crippen molar-refractivity contribution < 1.29 is 21.6 Å². The summed E-state index contributed by atoms with van der Waals surface area (Å²) in [5.74, 6) is 0. The van der Waals surface area contributed by atoms with Crippen LogP contribution in [-0.4, -0.2) is 39.0 Å². The normalized spacial score (nSPS) is 14.2. The molecule has 3 N–H and O–H groups in total. The minimum Gasteiger partial charge on any atom is -0.397 e. The zero-order valence-electron chi connectivity index (χ0n) is 11.9. The lowest BCUT2D eigenvalue weighted by molar-refractivity contribution is -0.136. The molecule has 0 aliphatic rings. The lowest BCUT2D eigenvalue weighted by Gasteiger charge is -2.19. The minimum absolute atomic E-state index is 0.0385. The summed E-state index contributed by atoms with van der Waals surface area (Å²) >= 11 is 0. The van der Waals surface area contributed by atoms with Gasteiger partial charge < -0.3 is 11.1 Å². The van der Waals surface area contributed by atoms with Crippen LogP contribution >= 0.6 is 0 Å². The van der Waals surface area contributed by atoms with Crippen molar-refractivity contribution in [1.29, 1.82) is 0 Å². The molecule has 0 radical (unpaired) electrons. The SMILES string of the molecule is CC(CC(F)(F)F)Nc1cc(S(=O)(=O)N(C)C)ccc1N. The molecule has 0 aromatic heterocycles. The van der Waals surface area contributed by atoms with Crippen LogP contribution in [0.3, 0.4) is 0 Å². The molecule has 0 aliphatic carbocycles. The van der Waals surface area contributed by atoms with Crippen LogP contribution in [0.25, 0.3) is 0 Å². The van der Waals surface area contributed by atoms with Gasteiger partial charge in [0, 0.05) is 20.1 Å². The molecule has 0 heterocycles. The number of rotatable bonds is 5. The fourth-order valence-corrected chi connectivity index (χ4v) is 2.62. The zero-order valence-corrected chi connectivity index (χ0v) is 12.7. The quantitative estimate of drug-likeness (QED) is 0.814. The summed E-state index contributed by atoms with van der Waals surface area (Å²) in [5, 5.41) is 2.59. The average molecular weight is 325 g/mol. The van der Waals surface area contributed by atoms with Crippen LogP contribution < -0.4 is 11.1 Å². The summed E-state index contributed by atoms with van der Waals surface area (Å²) in [5.41, 5.74) is 6.01. The monoisotopic (exact) mass is 325 g/mol. The van der Waals surface area contributed by atoms with Gasteiger partial charge in [-0.15, -0.1) is 0 Å². The fourth-order valence-electron chi connectivity index (χ4n) is 1.70. The van der Waals surface area contributed by atoms with Crippen molar-refractivity contribution in [2.24, 2.45) is 0 Å². The van der Waals surface area contributed by atoms with Gasteiger partial charge in [-0.2, -0.15) is 13.2 Å². The zero-order chi connectivity index (χ0) is 16.4. The number of halogens is 3. The molecular weight excluding hydrogens is 307 g/mol. The predicted molar refractivity (Wildman–Crippen MR) is 75.5 cm³/mol. The number of hydrogen-bond donors (Lipinski definition) is 2. The maximum atomic E-state index is 12.3. The van der Waals surface area contributed by atoms with Crippen molar-refractivity contribution in [2.75, 3.05) is 25.1 Å². The first kappa shape index (κ1) is 17.6. The molecule has 0 saturated heterocycles. The van der Waals surface area contributed by atoms with E-state index in [-0.39, 0.29) is 16.3 Å². The third-order valence-electron chi connectivity index (χ3n) is 2.74. The highest BCUT2D eigenvalue weighted by molar-refractivity contribution is 7.89. The van der Waals surface area contributed by atoms with Crippen molar-refractivity contribution in [3.63, 3.8) is 0 Å². The van der Waals surface area contributed by atoms with Crippen molar-refractivity contribution in [3.8, 4) is 0 Å². The standard InChI is InChI=1S/C12H18F3N3O2S/c1-8(7-12(13,14)15)17-11-6-9(4-5-10(11)16)21(19,20)18(2)3/h4-6,8,17H,7,16H2,1-3H3. The molecule has 1 atom stereocenters. The minimum atomic E-state index is -4.31. The largest absolute Gasteiger partial charge is 0.397 e. The van der Waals surface area contributed by atoms with Gasteiger partial charge in [-0.3, -0.25) is 0 Å². The highest BCUT2D eigenvalue weighted by Crippen LogP contribution is 2.28. The van der Waals surface area contributed by atoms with Crippen LogP contribution in [0.2, 0.25) is 0 Å². The first-order valence-corrected chi connectivity index (χ1v) is 7.53. The third-order valence-corrected chi connectivity index (χ3v) is 4.55. The van der Waals surface area contributed by atoms with Crippen LogP contribution in [0.4, 0.5) is 24.5 Å². The van der Waals surface area contributed by atoms with E-state index in [9.17, 15) is 21.6 Å². The molecule has 1 aromatic rings. The Morgan fingerprint density at radius 1 is 1.33 bits per heavy atom. The number of anilines is 2. The van der Waals surface area contributed by atoms with Gasteiger partial charge in [-0.05, 0) is 25.1 Å². The Hall–Kier alpha value is -1.48. The molecule has 0 spiro atoms. The number of nitrogens with one attached hydrogen (secondary N) is 1. The van der Waals surface area contributed by atoms with Gasteiger partial charge in [0.15, 0.2) is 0 Å². The summed E-state index contributed by atoms with van der Waals surface area (Å²) in [7, 11) is -0.939. The molecule has 9 heteroatoms. The third kappa shape index (κ3) is 4.78. The Morgan fingerprint density at radius 2 is 1.90 bits per heavy atom. The summed E-state index contributed by atoms with van der Waals surface area (Å²) in [6.07, 6.45) is -5.36. The number of sulfonamides is 1. The van der Waals surface area contributed by atoms with E-state index in [1.54, 1.807) is 0 Å². The maximum absolute atomic E-state index is 12.3. The Labute approximate surface area is 122 Å². The lowest BCUT2D eigenvalue weighted by Crippen LogP contribution is -2.25. The van der Waals surface area contributed by atoms with Gasteiger partial charge in [0.1, 0.15) is 0 Å². The molecule has 1 aromatic carbocycles. The summed E-state index contributed by atoms with van der Waals surface area (Å²) in [6, 6.07) is 2.96. The van der Waals surface area contributed by atoms with Gasteiger partial charge in [0.2, 0.25) is 10.0 Å². The number of alkyl halides is 3. The van der Waals surface area contributed by atoms with E-state index in [4.69, 9.17) is 5.73 Å². The van der Waals surface area contributed by atoms with Gasteiger partial charge in [0.05, 0.1) is 22.7 Å². The van der Waals surface area contributed by atoms with Gasteiger partial charge in [-0.25, -0.2) is 12.7 Å². The van der Waals surface area contributed by atoms with Gasteiger partial charge >= 0.3 is 6.18 Å². The Balaban J connectivity index is 3.04. The van der Waals surface area contributed by atoms with Crippen molar-refractivity contribution in [3.05, 3.63) is 18.2 Å². The first-order valence-electron chi connectivity index (χ1n) is 6.09. The summed E-state index contributed by atoms with van der Waals surface area (Å²) in [6.45, 7) is 1.35. The topological polar surface area (TPSA) is 75.4 Å². The van der Waals surface area contributed by atoms with E-state index in [0.29, 0.717) is 0 Å². The van der Waals surface area contributed by atoms with E-state index in [0.717, 1.165) is 4.31 Å². The highest BCUT2D eigenvalue weighted by Gasteiger charge is 2.30. The van der Waals surface area contributed by atoms with E-state index in [1.165, 1.54) is 39.2 Å². The molecule has 0 saturated carbocycles. The molecule has 0 bridgehead atoms. The van der Waals surface area contributed by atoms with E-state index in [1.807, 2.05) is 0 Å². The molecule has 120 valence electrons. The second-order valence-corrected chi connectivity index (χ2v) is 7.05. The van der Waals surface area contributed by atoms with Crippen LogP contribution in [0.1, 0.15) is 13.3 Å². The van der Waals surface area contributed by atoms with Crippen LogP contribution in [0, 0.1) is 0 Å². The molecule has 5 nitrogen and oxygen atoms in total. The lowest BCUT2D eigenvalue weighted by atomic mass is 10.2. The van der Waals surface area contributed by atoms with E-state index in [2.05, 4.69) is 5.32 Å². The Morgan fingerprint density at radius 3 is 2.38 bits per heavy atom. The smallest absolute Gasteiger partial charge is 0.391 e. The van der Waals surface area contributed by atoms with Crippen molar-refractivity contribution in [2.45, 2.75) is 30.5 Å². The number of nitrogens with two attached hydrogens (primary N) is 1. The Kier molecular flexibility index (Phi) is 5.11.